The van der Waals surface area contributed by atoms with Crippen LogP contribution >= 0.6 is 0 Å². The normalized spacial score (nSPS) is 9.53. The Kier molecular flexibility index (Phi) is 12.9. The van der Waals surface area contributed by atoms with Gasteiger partial charge in [0.25, 0.3) is 0 Å². The average Bonchev–Trinajstić information content (AvgIpc) is 2.81. The van der Waals surface area contributed by atoms with Crippen LogP contribution in [0.4, 0.5) is 0 Å². The van der Waals surface area contributed by atoms with Gasteiger partial charge in [0.15, 0.2) is 0 Å². The SMILES string of the molecule is C=CC(=O)OCCCCCCOc1ccc(OC)cc1.COc1ccc(C=O)cc1. The molecule has 0 radical (unpaired) electrons. The van der Waals surface area contributed by atoms with Crippen LogP contribution in [0, 0.1) is 0 Å². The fourth-order valence-corrected chi connectivity index (χ4v) is 2.33. The van der Waals surface area contributed by atoms with Gasteiger partial charge in [-0.1, -0.05) is 6.58 Å². The summed E-state index contributed by atoms with van der Waals surface area (Å²) in [6, 6.07) is 14.5. The Hall–Kier alpha value is -3.28. The molecule has 0 unspecified atom stereocenters. The molecule has 0 bridgehead atoms. The monoisotopic (exact) mass is 414 g/mol. The van der Waals surface area contributed by atoms with Crippen molar-refractivity contribution in [2.24, 2.45) is 0 Å². The Labute approximate surface area is 178 Å². The molecule has 6 heteroatoms. The maximum Gasteiger partial charge on any atom is 0.330 e. The predicted octanol–water partition coefficient (Wildman–Crippen LogP) is 4.87. The lowest BCUT2D eigenvalue weighted by molar-refractivity contribution is -0.137. The summed E-state index contributed by atoms with van der Waals surface area (Å²) in [5, 5.41) is 0. The third-order valence-corrected chi connectivity index (χ3v) is 4.03. The minimum atomic E-state index is -0.354. The zero-order valence-electron chi connectivity index (χ0n) is 17.7. The molecule has 2 aromatic carbocycles. The fourth-order valence-electron chi connectivity index (χ4n) is 2.33. The van der Waals surface area contributed by atoms with Gasteiger partial charge in [-0.25, -0.2) is 4.79 Å². The second-order valence-electron chi connectivity index (χ2n) is 6.20. The number of benzene rings is 2. The molecule has 0 N–H and O–H groups in total. The van der Waals surface area contributed by atoms with Gasteiger partial charge in [0, 0.05) is 11.6 Å². The van der Waals surface area contributed by atoms with E-state index in [9.17, 15) is 9.59 Å². The number of rotatable bonds is 12. The van der Waals surface area contributed by atoms with Crippen molar-refractivity contribution in [1.29, 1.82) is 0 Å². The third-order valence-electron chi connectivity index (χ3n) is 4.03. The summed E-state index contributed by atoms with van der Waals surface area (Å²) in [5.74, 6) is 2.09. The molecule has 0 amide bonds. The first-order valence-corrected chi connectivity index (χ1v) is 9.78. The van der Waals surface area contributed by atoms with Crippen LogP contribution in [0.5, 0.6) is 17.2 Å². The van der Waals surface area contributed by atoms with Crippen molar-refractivity contribution < 1.29 is 28.5 Å². The Balaban J connectivity index is 0.000000375. The number of hydrogen-bond donors (Lipinski definition) is 0. The lowest BCUT2D eigenvalue weighted by atomic mass is 10.2. The summed E-state index contributed by atoms with van der Waals surface area (Å²) in [7, 11) is 3.23. The molecular formula is C24H30O6. The summed E-state index contributed by atoms with van der Waals surface area (Å²) >= 11 is 0. The second kappa shape index (κ2) is 15.6. The van der Waals surface area contributed by atoms with Crippen molar-refractivity contribution >= 4 is 12.3 Å². The molecule has 0 atom stereocenters. The Morgan fingerprint density at radius 1 is 0.800 bits per heavy atom. The van der Waals surface area contributed by atoms with Gasteiger partial charge in [0.1, 0.15) is 23.5 Å². The molecule has 30 heavy (non-hydrogen) atoms. The molecule has 0 spiro atoms. The quantitative estimate of drug-likeness (QED) is 0.214. The number of esters is 1. The first-order valence-electron chi connectivity index (χ1n) is 9.78. The van der Waals surface area contributed by atoms with Gasteiger partial charge in [-0.05, 0) is 74.2 Å². The van der Waals surface area contributed by atoms with E-state index >= 15 is 0 Å². The Morgan fingerprint density at radius 3 is 1.80 bits per heavy atom. The fraction of sp³-hybridized carbons (Fsp3) is 0.333. The average molecular weight is 414 g/mol. The number of hydrogen-bond acceptors (Lipinski definition) is 6. The third kappa shape index (κ3) is 10.9. The van der Waals surface area contributed by atoms with E-state index in [2.05, 4.69) is 6.58 Å². The summed E-state index contributed by atoms with van der Waals surface area (Å²) < 4.78 is 20.5. The summed E-state index contributed by atoms with van der Waals surface area (Å²) in [5.41, 5.74) is 0.667. The number of unbranched alkanes of at least 4 members (excludes halogenated alkanes) is 3. The molecule has 0 aliphatic carbocycles. The maximum atomic E-state index is 10.8. The van der Waals surface area contributed by atoms with E-state index < -0.39 is 0 Å². The van der Waals surface area contributed by atoms with Crippen LogP contribution in [0.25, 0.3) is 0 Å². The summed E-state index contributed by atoms with van der Waals surface area (Å²) in [4.78, 5) is 20.9. The highest BCUT2D eigenvalue weighted by molar-refractivity contribution is 5.81. The highest BCUT2D eigenvalue weighted by Gasteiger charge is 1.97. The second-order valence-corrected chi connectivity index (χ2v) is 6.20. The smallest absolute Gasteiger partial charge is 0.330 e. The number of methoxy groups -OCH3 is 2. The lowest BCUT2D eigenvalue weighted by Crippen LogP contribution is -2.02. The zero-order chi connectivity index (χ0) is 22.0. The molecule has 0 aromatic heterocycles. The van der Waals surface area contributed by atoms with Crippen LogP contribution in [0.1, 0.15) is 36.0 Å². The molecule has 2 rings (SSSR count). The predicted molar refractivity (Wildman–Crippen MR) is 116 cm³/mol. The molecule has 0 saturated carbocycles. The minimum absolute atomic E-state index is 0.354. The van der Waals surface area contributed by atoms with E-state index in [4.69, 9.17) is 18.9 Å². The van der Waals surface area contributed by atoms with E-state index in [1.54, 1.807) is 38.5 Å². The molecule has 2 aromatic rings. The first kappa shape index (κ1) is 24.8. The van der Waals surface area contributed by atoms with Crippen molar-refractivity contribution in [3.8, 4) is 17.2 Å². The van der Waals surface area contributed by atoms with Crippen LogP contribution in [0.3, 0.4) is 0 Å². The maximum absolute atomic E-state index is 10.8. The van der Waals surface area contributed by atoms with Gasteiger partial charge in [-0.3, -0.25) is 4.79 Å². The van der Waals surface area contributed by atoms with Crippen LogP contribution in [0.2, 0.25) is 0 Å². The molecular weight excluding hydrogens is 384 g/mol. The van der Waals surface area contributed by atoms with Gasteiger partial charge in [-0.15, -0.1) is 0 Å². The summed E-state index contributed by atoms with van der Waals surface area (Å²) in [6.07, 6.45) is 5.93. The number of carbonyl (C=O) groups excluding carboxylic acids is 2. The molecule has 0 heterocycles. The first-order chi connectivity index (χ1) is 14.6. The molecule has 0 saturated heterocycles. The number of ether oxygens (including phenoxy) is 4. The van der Waals surface area contributed by atoms with E-state index in [1.165, 1.54) is 6.08 Å². The van der Waals surface area contributed by atoms with Crippen molar-refractivity contribution in [3.63, 3.8) is 0 Å². The molecule has 0 fully saturated rings. The van der Waals surface area contributed by atoms with E-state index in [-0.39, 0.29) is 5.97 Å². The van der Waals surface area contributed by atoms with Gasteiger partial charge < -0.3 is 18.9 Å². The van der Waals surface area contributed by atoms with Crippen LogP contribution < -0.4 is 14.2 Å². The molecule has 0 aliphatic heterocycles. The van der Waals surface area contributed by atoms with Crippen LogP contribution in [0.15, 0.2) is 61.2 Å². The largest absolute Gasteiger partial charge is 0.497 e. The standard InChI is InChI=1S/C16H22O4.C8H8O2/c1-3-16(17)20-13-7-5-4-6-12-19-15-10-8-14(18-2)9-11-15;1-10-8-4-2-7(6-9)3-5-8/h3,8-11H,1,4-7,12-13H2,2H3;2-6H,1H3. The number of carbonyl (C=O) groups is 2. The molecule has 0 aliphatic rings. The van der Waals surface area contributed by atoms with Crippen molar-refractivity contribution in [2.75, 3.05) is 27.4 Å². The Bertz CT molecular complexity index is 737. The van der Waals surface area contributed by atoms with E-state index in [0.29, 0.717) is 18.8 Å². The highest BCUT2D eigenvalue weighted by atomic mass is 16.5. The van der Waals surface area contributed by atoms with E-state index in [1.807, 2.05) is 24.3 Å². The molecule has 6 nitrogen and oxygen atoms in total. The van der Waals surface area contributed by atoms with Crippen LogP contribution in [-0.2, 0) is 9.53 Å². The van der Waals surface area contributed by atoms with Gasteiger partial charge in [0.05, 0.1) is 27.4 Å². The van der Waals surface area contributed by atoms with E-state index in [0.717, 1.165) is 49.2 Å². The van der Waals surface area contributed by atoms with Gasteiger partial charge in [0.2, 0.25) is 0 Å². The lowest BCUT2D eigenvalue weighted by Gasteiger charge is -2.07. The highest BCUT2D eigenvalue weighted by Crippen LogP contribution is 2.17. The van der Waals surface area contributed by atoms with Gasteiger partial charge in [-0.2, -0.15) is 0 Å². The Morgan fingerprint density at radius 2 is 1.30 bits per heavy atom. The zero-order valence-corrected chi connectivity index (χ0v) is 17.7. The summed E-state index contributed by atoms with van der Waals surface area (Å²) in [6.45, 7) is 4.50. The van der Waals surface area contributed by atoms with Crippen molar-refractivity contribution in [2.45, 2.75) is 25.7 Å². The minimum Gasteiger partial charge on any atom is -0.497 e. The van der Waals surface area contributed by atoms with Crippen molar-refractivity contribution in [1.82, 2.24) is 0 Å². The van der Waals surface area contributed by atoms with Crippen LogP contribution in [-0.4, -0.2) is 39.7 Å². The molecule has 162 valence electrons. The van der Waals surface area contributed by atoms with Crippen molar-refractivity contribution in [3.05, 3.63) is 66.7 Å². The van der Waals surface area contributed by atoms with Gasteiger partial charge >= 0.3 is 5.97 Å². The topological polar surface area (TPSA) is 71.1 Å². The number of aldehydes is 1.